The number of carbonyl (C=O) groups excluding carboxylic acids is 1. The molecule has 1 aliphatic rings. The third-order valence-electron chi connectivity index (χ3n) is 3.80. The molecule has 1 N–H and O–H groups in total. The van der Waals surface area contributed by atoms with E-state index in [1.54, 1.807) is 0 Å². The highest BCUT2D eigenvalue weighted by molar-refractivity contribution is 9.10. The summed E-state index contributed by atoms with van der Waals surface area (Å²) >= 11 is 7.46. The van der Waals surface area contributed by atoms with E-state index in [1.807, 2.05) is 47.8 Å². The van der Waals surface area contributed by atoms with E-state index >= 15 is 0 Å². The maximum Gasteiger partial charge on any atom is 0.224 e. The van der Waals surface area contributed by atoms with Gasteiger partial charge in [-0.05, 0) is 59.7 Å². The van der Waals surface area contributed by atoms with Gasteiger partial charge >= 0.3 is 0 Å². The first kappa shape index (κ1) is 17.9. The average Bonchev–Trinajstić information content (AvgIpc) is 2.61. The van der Waals surface area contributed by atoms with Gasteiger partial charge in [-0.3, -0.25) is 4.79 Å². The Morgan fingerprint density at radius 2 is 1.92 bits per heavy atom. The maximum absolute atomic E-state index is 12.2. The van der Waals surface area contributed by atoms with E-state index in [4.69, 9.17) is 0 Å². The second-order valence-electron chi connectivity index (χ2n) is 5.73. The van der Waals surface area contributed by atoms with Crippen molar-refractivity contribution in [3.63, 3.8) is 0 Å². The number of hydrogen-bond donors (Lipinski definition) is 1. The smallest absolute Gasteiger partial charge is 0.224 e. The third-order valence-corrected chi connectivity index (χ3v) is 7.31. The Kier molecular flexibility index (Phi) is 6.69. The van der Waals surface area contributed by atoms with Crippen molar-refractivity contribution >= 4 is 51.0 Å². The largest absolute Gasteiger partial charge is 0.326 e. The minimum atomic E-state index is 0.0658. The molecule has 24 heavy (non-hydrogen) atoms. The minimum absolute atomic E-state index is 0.0658. The zero-order valence-corrected chi connectivity index (χ0v) is 16.6. The van der Waals surface area contributed by atoms with Crippen molar-refractivity contribution in [3.8, 4) is 0 Å². The maximum atomic E-state index is 12.2. The van der Waals surface area contributed by atoms with Crippen molar-refractivity contribution in [1.29, 1.82) is 0 Å². The fourth-order valence-corrected chi connectivity index (χ4v) is 5.94. The molecule has 3 rings (SSSR count). The number of amides is 1. The van der Waals surface area contributed by atoms with Crippen molar-refractivity contribution in [2.45, 2.75) is 23.8 Å². The lowest BCUT2D eigenvalue weighted by atomic mass is 10.1. The molecule has 5 heteroatoms. The summed E-state index contributed by atoms with van der Waals surface area (Å²) in [6.07, 6.45) is 2.53. The molecule has 0 spiro atoms. The van der Waals surface area contributed by atoms with Gasteiger partial charge < -0.3 is 5.32 Å². The highest BCUT2D eigenvalue weighted by Gasteiger charge is 2.17. The van der Waals surface area contributed by atoms with Crippen LogP contribution in [0.1, 0.15) is 28.6 Å². The molecule has 0 saturated carbocycles. The molecule has 0 aliphatic carbocycles. The fourth-order valence-electron chi connectivity index (χ4n) is 2.62. The summed E-state index contributed by atoms with van der Waals surface area (Å²) in [6, 6.07) is 16.4. The second-order valence-corrected chi connectivity index (χ2v) is 9.37. The molecule has 0 bridgehead atoms. The molecule has 1 aliphatic heterocycles. The molecule has 1 heterocycles. The van der Waals surface area contributed by atoms with Crippen LogP contribution in [0.4, 0.5) is 5.69 Å². The first-order valence-corrected chi connectivity index (χ1v) is 11.0. The van der Waals surface area contributed by atoms with Gasteiger partial charge in [0.25, 0.3) is 0 Å². The molecule has 1 fully saturated rings. The molecule has 0 unspecified atom stereocenters. The van der Waals surface area contributed by atoms with Crippen LogP contribution in [0.3, 0.4) is 0 Å². The zero-order valence-electron chi connectivity index (χ0n) is 13.3. The molecule has 126 valence electrons. The van der Waals surface area contributed by atoms with Gasteiger partial charge in [-0.25, -0.2) is 0 Å². The molecular weight excluding hydrogens is 402 g/mol. The summed E-state index contributed by atoms with van der Waals surface area (Å²) < 4.78 is 1.55. The number of benzene rings is 2. The topological polar surface area (TPSA) is 29.1 Å². The molecule has 0 atom stereocenters. The van der Waals surface area contributed by atoms with Crippen LogP contribution in [0.2, 0.25) is 0 Å². The number of nitrogens with one attached hydrogen (secondary N) is 1. The molecule has 0 aromatic heterocycles. The molecule has 0 radical (unpaired) electrons. The minimum Gasteiger partial charge on any atom is -0.326 e. The van der Waals surface area contributed by atoms with Crippen LogP contribution < -0.4 is 5.32 Å². The van der Waals surface area contributed by atoms with Crippen molar-refractivity contribution in [1.82, 2.24) is 0 Å². The Balaban J connectivity index is 1.56. The molecule has 2 nitrogen and oxygen atoms in total. The zero-order chi connectivity index (χ0) is 16.8. The Hall–Kier alpha value is -0.910. The van der Waals surface area contributed by atoms with Gasteiger partial charge in [0.2, 0.25) is 5.91 Å². The van der Waals surface area contributed by atoms with Gasteiger partial charge in [-0.1, -0.05) is 40.2 Å². The monoisotopic (exact) mass is 421 g/mol. The Morgan fingerprint density at radius 1 is 1.12 bits per heavy atom. The van der Waals surface area contributed by atoms with Gasteiger partial charge in [0.05, 0.1) is 4.58 Å². The van der Waals surface area contributed by atoms with E-state index in [0.29, 0.717) is 11.0 Å². The van der Waals surface area contributed by atoms with Gasteiger partial charge in [0, 0.05) is 16.6 Å². The SMILES string of the molecule is O=C(CCc1cccc(Br)c1)Nc1cccc(C2SCCCS2)c1. The number of thioether (sulfide) groups is 2. The van der Waals surface area contributed by atoms with Crippen LogP contribution in [-0.2, 0) is 11.2 Å². The lowest BCUT2D eigenvalue weighted by Crippen LogP contribution is -2.12. The van der Waals surface area contributed by atoms with Gasteiger partial charge in [0.1, 0.15) is 0 Å². The molecule has 2 aromatic carbocycles. The van der Waals surface area contributed by atoms with Crippen LogP contribution in [0.5, 0.6) is 0 Å². The Bertz CT molecular complexity index is 701. The second kappa shape index (κ2) is 8.97. The van der Waals surface area contributed by atoms with Crippen LogP contribution in [-0.4, -0.2) is 17.4 Å². The van der Waals surface area contributed by atoms with Crippen molar-refractivity contribution in [2.24, 2.45) is 0 Å². The normalized spacial score (nSPS) is 15.2. The number of hydrogen-bond acceptors (Lipinski definition) is 3. The lowest BCUT2D eigenvalue weighted by molar-refractivity contribution is -0.116. The Labute approximate surface area is 160 Å². The van der Waals surface area contributed by atoms with Crippen LogP contribution in [0, 0.1) is 0 Å². The number of halogens is 1. The predicted octanol–water partition coefficient (Wildman–Crippen LogP) is 5.89. The van der Waals surface area contributed by atoms with E-state index in [0.717, 1.165) is 16.6 Å². The highest BCUT2D eigenvalue weighted by atomic mass is 79.9. The standard InChI is InChI=1S/C19H20BrNOS2/c20-16-6-1-4-14(12-16)8-9-18(22)21-17-7-2-5-15(13-17)19-23-10-3-11-24-19/h1-2,4-7,12-13,19H,3,8-11H2,(H,21,22). The summed E-state index contributed by atoms with van der Waals surface area (Å²) in [4.78, 5) is 12.2. The summed E-state index contributed by atoms with van der Waals surface area (Å²) in [5, 5.41) is 3.04. The lowest BCUT2D eigenvalue weighted by Gasteiger charge is -2.21. The Morgan fingerprint density at radius 3 is 2.71 bits per heavy atom. The summed E-state index contributed by atoms with van der Waals surface area (Å²) in [7, 11) is 0. The predicted molar refractivity (Wildman–Crippen MR) is 110 cm³/mol. The van der Waals surface area contributed by atoms with Crippen molar-refractivity contribution < 1.29 is 4.79 Å². The first-order chi connectivity index (χ1) is 11.7. The summed E-state index contributed by atoms with van der Waals surface area (Å²) in [6.45, 7) is 0. The molecule has 1 saturated heterocycles. The summed E-state index contributed by atoms with van der Waals surface area (Å²) in [5.74, 6) is 2.51. The van der Waals surface area contributed by atoms with Gasteiger partial charge in [-0.15, -0.1) is 23.5 Å². The van der Waals surface area contributed by atoms with Crippen LogP contribution in [0.25, 0.3) is 0 Å². The number of aryl methyl sites for hydroxylation is 1. The van der Waals surface area contributed by atoms with E-state index in [-0.39, 0.29) is 5.91 Å². The molecular formula is C19H20BrNOS2. The quantitative estimate of drug-likeness (QED) is 0.652. The van der Waals surface area contributed by atoms with Gasteiger partial charge in [0.15, 0.2) is 0 Å². The van der Waals surface area contributed by atoms with Crippen LogP contribution in [0.15, 0.2) is 53.0 Å². The van der Waals surface area contributed by atoms with E-state index < -0.39 is 0 Å². The number of rotatable bonds is 5. The van der Waals surface area contributed by atoms with Gasteiger partial charge in [-0.2, -0.15) is 0 Å². The van der Waals surface area contributed by atoms with Crippen molar-refractivity contribution in [2.75, 3.05) is 16.8 Å². The average molecular weight is 422 g/mol. The number of anilines is 1. The van der Waals surface area contributed by atoms with Crippen LogP contribution >= 0.6 is 39.5 Å². The van der Waals surface area contributed by atoms with E-state index in [9.17, 15) is 4.79 Å². The molecule has 2 aromatic rings. The van der Waals surface area contributed by atoms with E-state index in [1.165, 1.54) is 29.1 Å². The third kappa shape index (κ3) is 5.30. The summed E-state index contributed by atoms with van der Waals surface area (Å²) in [5.41, 5.74) is 3.37. The molecule has 1 amide bonds. The fraction of sp³-hybridized carbons (Fsp3) is 0.316. The number of carbonyl (C=O) groups is 1. The van der Waals surface area contributed by atoms with E-state index in [2.05, 4.69) is 45.5 Å². The highest BCUT2D eigenvalue weighted by Crippen LogP contribution is 2.44. The van der Waals surface area contributed by atoms with Crippen molar-refractivity contribution in [3.05, 3.63) is 64.1 Å². The first-order valence-electron chi connectivity index (χ1n) is 8.08.